The molecule has 0 unspecified atom stereocenters. The van der Waals surface area contributed by atoms with Gasteiger partial charge in [0, 0.05) is 12.4 Å². The highest BCUT2D eigenvalue weighted by atomic mass is 35.5. The third-order valence-corrected chi connectivity index (χ3v) is 3.77. The zero-order valence-corrected chi connectivity index (χ0v) is 10.2. The average Bonchev–Trinajstić information content (AvgIpc) is 2.82. The van der Waals surface area contributed by atoms with Crippen LogP contribution in [0.4, 0.5) is 0 Å². The van der Waals surface area contributed by atoms with Gasteiger partial charge in [-0.15, -0.1) is 11.3 Å². The summed E-state index contributed by atoms with van der Waals surface area (Å²) in [4.78, 5) is 5.79. The van der Waals surface area contributed by atoms with Gasteiger partial charge in [0.2, 0.25) is 0 Å². The Kier molecular flexibility index (Phi) is 2.23. The molecule has 0 N–H and O–H groups in total. The van der Waals surface area contributed by atoms with E-state index >= 15 is 0 Å². The third-order valence-electron chi connectivity index (χ3n) is 2.51. The number of aryl methyl sites for hydroxylation is 1. The molecule has 2 nitrogen and oxygen atoms in total. The van der Waals surface area contributed by atoms with Crippen molar-refractivity contribution in [2.24, 2.45) is 0 Å². The van der Waals surface area contributed by atoms with Gasteiger partial charge in [-0.1, -0.05) is 11.6 Å². The van der Waals surface area contributed by atoms with Crippen LogP contribution in [0.1, 0.15) is 5.56 Å². The number of rotatable bonds is 1. The molecule has 0 aliphatic rings. The lowest BCUT2D eigenvalue weighted by Crippen LogP contribution is -1.79. The summed E-state index contributed by atoms with van der Waals surface area (Å²) in [6.45, 7) is 2.10. The van der Waals surface area contributed by atoms with Crippen molar-refractivity contribution in [2.45, 2.75) is 6.92 Å². The number of hydrogen-bond donors (Lipinski definition) is 0. The SMILES string of the molecule is Cc1ccsc1-c1cn2cc(Cl)ccc2n1. The number of fused-ring (bicyclic) bond motifs is 1. The van der Waals surface area contributed by atoms with Crippen molar-refractivity contribution in [3.05, 3.63) is 46.6 Å². The first-order valence-electron chi connectivity index (χ1n) is 4.93. The third kappa shape index (κ3) is 1.52. The first-order chi connectivity index (χ1) is 7.74. The van der Waals surface area contributed by atoms with Crippen molar-refractivity contribution in [3.63, 3.8) is 0 Å². The largest absolute Gasteiger partial charge is 0.305 e. The number of hydrogen-bond acceptors (Lipinski definition) is 2. The minimum atomic E-state index is 0.722. The van der Waals surface area contributed by atoms with Gasteiger partial charge in [-0.2, -0.15) is 0 Å². The van der Waals surface area contributed by atoms with Crippen molar-refractivity contribution in [1.82, 2.24) is 9.38 Å². The van der Waals surface area contributed by atoms with Gasteiger partial charge in [0.15, 0.2) is 0 Å². The lowest BCUT2D eigenvalue weighted by molar-refractivity contribution is 1.19. The fourth-order valence-corrected chi connectivity index (χ4v) is 2.76. The fraction of sp³-hybridized carbons (Fsp3) is 0.0833. The van der Waals surface area contributed by atoms with Crippen LogP contribution in [0.5, 0.6) is 0 Å². The maximum atomic E-state index is 5.94. The Morgan fingerprint density at radius 2 is 2.12 bits per heavy atom. The van der Waals surface area contributed by atoms with Crippen LogP contribution in [-0.4, -0.2) is 9.38 Å². The fourth-order valence-electron chi connectivity index (χ4n) is 1.71. The van der Waals surface area contributed by atoms with Gasteiger partial charge < -0.3 is 4.40 Å². The molecule has 0 radical (unpaired) electrons. The summed E-state index contributed by atoms with van der Waals surface area (Å²) in [6.07, 6.45) is 3.89. The zero-order chi connectivity index (χ0) is 11.1. The summed E-state index contributed by atoms with van der Waals surface area (Å²) < 4.78 is 1.96. The normalized spacial score (nSPS) is 11.1. The molecule has 0 amide bonds. The summed E-state index contributed by atoms with van der Waals surface area (Å²) in [7, 11) is 0. The summed E-state index contributed by atoms with van der Waals surface area (Å²) in [5.41, 5.74) is 3.20. The van der Waals surface area contributed by atoms with Gasteiger partial charge in [0.05, 0.1) is 15.6 Å². The van der Waals surface area contributed by atoms with E-state index < -0.39 is 0 Å². The predicted octanol–water partition coefficient (Wildman–Crippen LogP) is 4.02. The van der Waals surface area contributed by atoms with Crippen LogP contribution >= 0.6 is 22.9 Å². The predicted molar refractivity (Wildman–Crippen MR) is 68.3 cm³/mol. The molecule has 0 saturated carbocycles. The maximum absolute atomic E-state index is 5.94. The lowest BCUT2D eigenvalue weighted by Gasteiger charge is -1.91. The number of imidazole rings is 1. The van der Waals surface area contributed by atoms with E-state index in [1.165, 1.54) is 10.4 Å². The molecule has 0 saturated heterocycles. The Hall–Kier alpha value is -1.32. The van der Waals surface area contributed by atoms with Gasteiger partial charge in [-0.25, -0.2) is 4.98 Å². The molecule has 0 spiro atoms. The van der Waals surface area contributed by atoms with Gasteiger partial charge in [-0.3, -0.25) is 0 Å². The van der Waals surface area contributed by atoms with E-state index in [1.54, 1.807) is 11.3 Å². The van der Waals surface area contributed by atoms with E-state index in [0.29, 0.717) is 0 Å². The average molecular weight is 249 g/mol. The van der Waals surface area contributed by atoms with Crippen LogP contribution in [-0.2, 0) is 0 Å². The molecule has 4 heteroatoms. The molecule has 3 aromatic rings. The monoisotopic (exact) mass is 248 g/mol. The van der Waals surface area contributed by atoms with Crippen LogP contribution in [0.2, 0.25) is 5.02 Å². The van der Waals surface area contributed by atoms with Crippen LogP contribution < -0.4 is 0 Å². The molecule has 0 aromatic carbocycles. The molecular formula is C12H9ClN2S. The van der Waals surface area contributed by atoms with E-state index in [2.05, 4.69) is 23.4 Å². The molecule has 0 aliphatic heterocycles. The van der Waals surface area contributed by atoms with Crippen molar-refractivity contribution in [3.8, 4) is 10.6 Å². The van der Waals surface area contributed by atoms with Crippen molar-refractivity contribution < 1.29 is 0 Å². The molecule has 0 aliphatic carbocycles. The molecule has 0 bridgehead atoms. The summed E-state index contributed by atoms with van der Waals surface area (Å²) in [5.74, 6) is 0. The minimum absolute atomic E-state index is 0.722. The summed E-state index contributed by atoms with van der Waals surface area (Å²) >= 11 is 7.65. The Balaban J connectivity index is 2.23. The molecule has 3 heterocycles. The first kappa shape index (κ1) is 9.87. The van der Waals surface area contributed by atoms with Crippen LogP contribution in [0.25, 0.3) is 16.2 Å². The first-order valence-corrected chi connectivity index (χ1v) is 6.18. The second-order valence-corrected chi connectivity index (χ2v) is 5.02. The van der Waals surface area contributed by atoms with E-state index in [9.17, 15) is 0 Å². The van der Waals surface area contributed by atoms with E-state index in [4.69, 9.17) is 11.6 Å². The Morgan fingerprint density at radius 1 is 1.25 bits per heavy atom. The highest BCUT2D eigenvalue weighted by Crippen LogP contribution is 2.28. The van der Waals surface area contributed by atoms with E-state index in [0.717, 1.165) is 16.4 Å². The van der Waals surface area contributed by atoms with Crippen molar-refractivity contribution in [2.75, 3.05) is 0 Å². The van der Waals surface area contributed by atoms with Crippen molar-refractivity contribution in [1.29, 1.82) is 0 Å². The van der Waals surface area contributed by atoms with Crippen LogP contribution in [0.15, 0.2) is 36.0 Å². The maximum Gasteiger partial charge on any atom is 0.137 e. The molecule has 80 valence electrons. The van der Waals surface area contributed by atoms with Gasteiger partial charge in [0.1, 0.15) is 5.65 Å². The second kappa shape index (κ2) is 3.61. The van der Waals surface area contributed by atoms with Gasteiger partial charge in [-0.05, 0) is 36.1 Å². The highest BCUT2D eigenvalue weighted by Gasteiger charge is 2.08. The van der Waals surface area contributed by atoms with E-state index in [-0.39, 0.29) is 0 Å². The van der Waals surface area contributed by atoms with Crippen LogP contribution in [0.3, 0.4) is 0 Å². The highest BCUT2D eigenvalue weighted by molar-refractivity contribution is 7.13. The van der Waals surface area contributed by atoms with Crippen molar-refractivity contribution >= 4 is 28.6 Å². The van der Waals surface area contributed by atoms with E-state index in [1.807, 2.05) is 28.9 Å². The standard InChI is InChI=1S/C12H9ClN2S/c1-8-4-5-16-12(8)10-7-15-6-9(13)2-3-11(15)14-10/h2-7H,1H3. The molecule has 0 fully saturated rings. The van der Waals surface area contributed by atoms with Gasteiger partial charge >= 0.3 is 0 Å². The molecule has 0 atom stereocenters. The lowest BCUT2D eigenvalue weighted by atomic mass is 10.2. The molecular weight excluding hydrogens is 240 g/mol. The number of halogens is 1. The number of pyridine rings is 1. The second-order valence-electron chi connectivity index (χ2n) is 3.67. The number of aromatic nitrogens is 2. The Morgan fingerprint density at radius 3 is 2.88 bits per heavy atom. The number of nitrogens with zero attached hydrogens (tertiary/aromatic N) is 2. The topological polar surface area (TPSA) is 17.3 Å². The quantitative estimate of drug-likeness (QED) is 0.636. The summed E-state index contributed by atoms with van der Waals surface area (Å²) in [5, 5.41) is 2.81. The zero-order valence-electron chi connectivity index (χ0n) is 8.64. The molecule has 3 aromatic heterocycles. The Labute approximate surface area is 102 Å². The minimum Gasteiger partial charge on any atom is -0.305 e. The Bertz CT molecular complexity index is 654. The molecule has 16 heavy (non-hydrogen) atoms. The smallest absolute Gasteiger partial charge is 0.137 e. The number of thiophene rings is 1. The van der Waals surface area contributed by atoms with Crippen LogP contribution in [0, 0.1) is 6.92 Å². The summed E-state index contributed by atoms with van der Waals surface area (Å²) in [6, 6.07) is 5.89. The van der Waals surface area contributed by atoms with Gasteiger partial charge in [0.25, 0.3) is 0 Å². The molecule has 3 rings (SSSR count).